The molecule has 33 heavy (non-hydrogen) atoms. The van der Waals surface area contributed by atoms with E-state index < -0.39 is 0 Å². The molecular formula is C24H27N5O3S. The first-order valence-electron chi connectivity index (χ1n) is 11.1. The maximum atomic E-state index is 5.74. The fourth-order valence-electron chi connectivity index (χ4n) is 4.21. The molecule has 8 nitrogen and oxygen atoms in total. The summed E-state index contributed by atoms with van der Waals surface area (Å²) in [6.07, 6.45) is 0. The predicted molar refractivity (Wildman–Crippen MR) is 132 cm³/mol. The number of benzene rings is 1. The number of ether oxygens (including phenoxy) is 3. The molecule has 0 bridgehead atoms. The summed E-state index contributed by atoms with van der Waals surface area (Å²) in [7, 11) is 3.28. The second-order valence-corrected chi connectivity index (χ2v) is 8.85. The summed E-state index contributed by atoms with van der Waals surface area (Å²) in [6.45, 7) is 8.24. The van der Waals surface area contributed by atoms with Gasteiger partial charge in [0.2, 0.25) is 0 Å². The van der Waals surface area contributed by atoms with E-state index in [9.17, 15) is 0 Å². The Morgan fingerprint density at radius 3 is 2.55 bits per heavy atom. The Bertz CT molecular complexity index is 1320. The topological polar surface area (TPSA) is 81.6 Å². The van der Waals surface area contributed by atoms with E-state index in [-0.39, 0.29) is 0 Å². The lowest BCUT2D eigenvalue weighted by molar-refractivity contribution is 0.314. The number of piperazine rings is 1. The van der Waals surface area contributed by atoms with Crippen LogP contribution in [-0.4, -0.2) is 62.0 Å². The molecule has 0 saturated carbocycles. The van der Waals surface area contributed by atoms with E-state index in [1.165, 1.54) is 0 Å². The van der Waals surface area contributed by atoms with Gasteiger partial charge in [-0.3, -0.25) is 0 Å². The Labute approximate surface area is 196 Å². The van der Waals surface area contributed by atoms with Crippen LogP contribution < -0.4 is 24.4 Å². The lowest BCUT2D eigenvalue weighted by Gasteiger charge is -2.28. The van der Waals surface area contributed by atoms with Gasteiger partial charge < -0.3 is 24.4 Å². The lowest BCUT2D eigenvalue weighted by atomic mass is 10.1. The third-order valence-corrected chi connectivity index (χ3v) is 6.88. The first kappa shape index (κ1) is 21.7. The van der Waals surface area contributed by atoms with Crippen LogP contribution in [0.5, 0.6) is 17.5 Å². The highest BCUT2D eigenvalue weighted by Crippen LogP contribution is 2.41. The minimum absolute atomic E-state index is 0.418. The van der Waals surface area contributed by atoms with Gasteiger partial charge in [0.15, 0.2) is 17.3 Å². The first-order chi connectivity index (χ1) is 16.1. The van der Waals surface area contributed by atoms with Crippen LogP contribution in [0.4, 0.5) is 5.82 Å². The normalized spacial score (nSPS) is 14.1. The van der Waals surface area contributed by atoms with Crippen LogP contribution in [0.2, 0.25) is 0 Å². The molecule has 0 aliphatic carbocycles. The largest absolute Gasteiger partial charge is 0.493 e. The first-order valence-corrected chi connectivity index (χ1v) is 11.9. The van der Waals surface area contributed by atoms with E-state index in [1.807, 2.05) is 25.1 Å². The van der Waals surface area contributed by atoms with Crippen LogP contribution in [0.3, 0.4) is 0 Å². The van der Waals surface area contributed by atoms with Crippen LogP contribution in [0.1, 0.15) is 12.5 Å². The monoisotopic (exact) mass is 465 g/mol. The summed E-state index contributed by atoms with van der Waals surface area (Å²) in [5.41, 5.74) is 3.88. The highest BCUT2D eigenvalue weighted by Gasteiger charge is 2.22. The number of methoxy groups -OCH3 is 2. The van der Waals surface area contributed by atoms with Gasteiger partial charge >= 0.3 is 6.01 Å². The summed E-state index contributed by atoms with van der Waals surface area (Å²) < 4.78 is 17.7. The lowest BCUT2D eigenvalue weighted by Crippen LogP contribution is -2.44. The Morgan fingerprint density at radius 2 is 1.82 bits per heavy atom. The van der Waals surface area contributed by atoms with Crippen molar-refractivity contribution < 1.29 is 14.2 Å². The number of rotatable bonds is 6. The number of pyridine rings is 1. The number of anilines is 1. The molecule has 0 radical (unpaired) electrons. The van der Waals surface area contributed by atoms with Crippen molar-refractivity contribution in [2.45, 2.75) is 13.8 Å². The van der Waals surface area contributed by atoms with Crippen molar-refractivity contribution in [1.29, 1.82) is 0 Å². The van der Waals surface area contributed by atoms with Crippen molar-refractivity contribution in [3.05, 3.63) is 29.8 Å². The molecule has 1 aromatic carbocycles. The molecular weight excluding hydrogens is 438 g/mol. The number of aromatic nitrogens is 3. The summed E-state index contributed by atoms with van der Waals surface area (Å²) in [6, 6.07) is 8.38. The van der Waals surface area contributed by atoms with Gasteiger partial charge in [0.1, 0.15) is 10.3 Å². The van der Waals surface area contributed by atoms with Crippen molar-refractivity contribution in [2.24, 2.45) is 0 Å². The van der Waals surface area contributed by atoms with Gasteiger partial charge in [-0.25, -0.2) is 4.98 Å². The second-order valence-electron chi connectivity index (χ2n) is 7.85. The Hall–Kier alpha value is -3.17. The van der Waals surface area contributed by atoms with Crippen molar-refractivity contribution >= 4 is 37.6 Å². The van der Waals surface area contributed by atoms with E-state index in [2.05, 4.69) is 23.2 Å². The third-order valence-electron chi connectivity index (χ3n) is 5.82. The van der Waals surface area contributed by atoms with Crippen LogP contribution in [0.15, 0.2) is 24.3 Å². The maximum Gasteiger partial charge on any atom is 0.319 e. The molecule has 1 saturated heterocycles. The molecule has 4 aromatic rings. The van der Waals surface area contributed by atoms with Gasteiger partial charge in [-0.2, -0.15) is 9.97 Å². The van der Waals surface area contributed by atoms with Crippen molar-refractivity contribution in [2.75, 3.05) is 51.9 Å². The van der Waals surface area contributed by atoms with Gasteiger partial charge in [0.25, 0.3) is 0 Å². The SMILES string of the molecule is CCOc1nc(N2CCNCC2)c2sc3nc(-c4ccc(OC)c(OC)c4)cc(C)c3c2n1. The van der Waals surface area contributed by atoms with E-state index >= 15 is 0 Å². The van der Waals surface area contributed by atoms with Gasteiger partial charge in [0.05, 0.1) is 31.2 Å². The number of nitrogens with zero attached hydrogens (tertiary/aromatic N) is 4. The Kier molecular flexibility index (Phi) is 5.90. The zero-order valence-electron chi connectivity index (χ0n) is 19.3. The average Bonchev–Trinajstić information content (AvgIpc) is 3.22. The van der Waals surface area contributed by atoms with Gasteiger partial charge in [0, 0.05) is 37.1 Å². The van der Waals surface area contributed by atoms with Gasteiger partial charge in [-0.1, -0.05) is 0 Å². The fraction of sp³-hybridized carbons (Fsp3) is 0.375. The molecule has 1 aliphatic rings. The number of nitrogens with one attached hydrogen (secondary N) is 1. The number of hydrogen-bond donors (Lipinski definition) is 1. The number of hydrogen-bond acceptors (Lipinski definition) is 9. The number of aryl methyl sites for hydroxylation is 1. The highest BCUT2D eigenvalue weighted by atomic mass is 32.1. The molecule has 0 atom stereocenters. The van der Waals surface area contributed by atoms with Crippen LogP contribution in [0, 0.1) is 6.92 Å². The maximum absolute atomic E-state index is 5.74. The molecule has 1 N–H and O–H groups in total. The van der Waals surface area contributed by atoms with Gasteiger partial charge in [-0.05, 0) is 43.7 Å². The molecule has 3 aromatic heterocycles. The minimum atomic E-state index is 0.418. The molecule has 9 heteroatoms. The van der Waals surface area contributed by atoms with E-state index in [4.69, 9.17) is 29.2 Å². The second kappa shape index (κ2) is 8.99. The quantitative estimate of drug-likeness (QED) is 0.457. The molecule has 0 unspecified atom stereocenters. The Balaban J connectivity index is 1.69. The molecule has 0 amide bonds. The number of fused-ring (bicyclic) bond motifs is 3. The Morgan fingerprint density at radius 1 is 1.03 bits per heavy atom. The molecule has 0 spiro atoms. The molecule has 5 rings (SSSR count). The van der Waals surface area contributed by atoms with E-state index in [0.717, 1.165) is 69.3 Å². The number of thiophene rings is 1. The summed E-state index contributed by atoms with van der Waals surface area (Å²) >= 11 is 1.64. The fourth-order valence-corrected chi connectivity index (χ4v) is 5.42. The van der Waals surface area contributed by atoms with E-state index in [0.29, 0.717) is 24.1 Å². The molecule has 1 fully saturated rings. The van der Waals surface area contributed by atoms with Crippen LogP contribution in [0.25, 0.3) is 31.7 Å². The highest BCUT2D eigenvalue weighted by molar-refractivity contribution is 7.26. The third kappa shape index (κ3) is 3.91. The summed E-state index contributed by atoms with van der Waals surface area (Å²) in [4.78, 5) is 17.8. The zero-order valence-corrected chi connectivity index (χ0v) is 20.1. The van der Waals surface area contributed by atoms with Crippen molar-refractivity contribution in [1.82, 2.24) is 20.3 Å². The summed E-state index contributed by atoms with van der Waals surface area (Å²) in [5.74, 6) is 2.31. The predicted octanol–water partition coefficient (Wildman–Crippen LogP) is 4.04. The van der Waals surface area contributed by atoms with E-state index in [1.54, 1.807) is 25.6 Å². The van der Waals surface area contributed by atoms with Gasteiger partial charge in [-0.15, -0.1) is 11.3 Å². The smallest absolute Gasteiger partial charge is 0.319 e. The molecule has 1 aliphatic heterocycles. The van der Waals surface area contributed by atoms with Crippen LogP contribution >= 0.6 is 11.3 Å². The molecule has 172 valence electrons. The van der Waals surface area contributed by atoms with Crippen molar-refractivity contribution in [3.63, 3.8) is 0 Å². The zero-order chi connectivity index (χ0) is 22.9. The average molecular weight is 466 g/mol. The summed E-state index contributed by atoms with van der Waals surface area (Å²) in [5, 5.41) is 4.46. The minimum Gasteiger partial charge on any atom is -0.493 e. The standard InChI is InChI=1S/C24H27N5O3S/c1-5-32-24-27-20-19-14(2)12-16(15-6-7-17(30-3)18(13-15)31-4)26-23(19)33-21(20)22(28-24)29-10-8-25-9-11-29/h6-7,12-13,25H,5,8-11H2,1-4H3. The molecule has 4 heterocycles. The van der Waals surface area contributed by atoms with Crippen molar-refractivity contribution in [3.8, 4) is 28.8 Å². The van der Waals surface area contributed by atoms with Crippen LogP contribution in [-0.2, 0) is 0 Å².